The Kier molecular flexibility index (Phi) is 5.35. The summed E-state index contributed by atoms with van der Waals surface area (Å²) in [4.78, 5) is 25.0. The predicted molar refractivity (Wildman–Crippen MR) is 110 cm³/mol. The Morgan fingerprint density at radius 3 is 2.72 bits per heavy atom. The molecule has 0 saturated carbocycles. The van der Waals surface area contributed by atoms with Crippen LogP contribution in [0.2, 0.25) is 5.02 Å². The molecule has 0 amide bonds. The summed E-state index contributed by atoms with van der Waals surface area (Å²) >= 11 is 6.11. The molecule has 9 heteroatoms. The molecule has 3 aromatic rings. The van der Waals surface area contributed by atoms with Crippen LogP contribution in [0.5, 0.6) is 0 Å². The van der Waals surface area contributed by atoms with Crippen molar-refractivity contribution in [2.45, 2.75) is 19.8 Å². The van der Waals surface area contributed by atoms with Crippen molar-refractivity contribution in [1.82, 2.24) is 30.2 Å². The van der Waals surface area contributed by atoms with Crippen molar-refractivity contribution in [2.75, 3.05) is 18.0 Å². The first-order chi connectivity index (χ1) is 14.0. The predicted octanol–water partition coefficient (Wildman–Crippen LogP) is 2.76. The van der Waals surface area contributed by atoms with Crippen LogP contribution in [-0.2, 0) is 13.5 Å². The Bertz CT molecular complexity index is 1070. The molecule has 0 fully saturated rings. The fraction of sp³-hybridized carbons (Fsp3) is 0.300. The monoisotopic (exact) mass is 409 g/mol. The van der Waals surface area contributed by atoms with E-state index in [0.717, 1.165) is 24.2 Å². The maximum Gasteiger partial charge on any atom is 0.266 e. The average Bonchev–Trinajstić information content (AvgIpc) is 3.16. The van der Waals surface area contributed by atoms with Gasteiger partial charge in [0.1, 0.15) is 0 Å². The van der Waals surface area contributed by atoms with Crippen LogP contribution in [0.3, 0.4) is 0 Å². The van der Waals surface area contributed by atoms with Gasteiger partial charge in [-0.3, -0.25) is 14.8 Å². The van der Waals surface area contributed by atoms with Gasteiger partial charge in [0.05, 0.1) is 36.1 Å². The molecule has 1 aliphatic rings. The van der Waals surface area contributed by atoms with Gasteiger partial charge in [-0.25, -0.2) is 0 Å². The number of aromatic nitrogens is 6. The summed E-state index contributed by atoms with van der Waals surface area (Å²) in [5, 5.41) is 12.7. The normalized spacial score (nSPS) is 14.4. The molecule has 0 atom stereocenters. The van der Waals surface area contributed by atoms with Gasteiger partial charge in [0, 0.05) is 24.8 Å². The van der Waals surface area contributed by atoms with Crippen LogP contribution >= 0.6 is 11.6 Å². The van der Waals surface area contributed by atoms with Gasteiger partial charge >= 0.3 is 0 Å². The molecule has 0 aliphatic carbocycles. The molecule has 3 heterocycles. The van der Waals surface area contributed by atoms with E-state index in [1.165, 1.54) is 10.4 Å². The lowest BCUT2D eigenvalue weighted by Gasteiger charge is -2.28. The molecule has 1 aliphatic heterocycles. The molecule has 0 spiro atoms. The first-order valence-electron chi connectivity index (χ1n) is 9.28. The average molecular weight is 410 g/mol. The number of tetrazole rings is 1. The molecule has 0 bridgehead atoms. The third-order valence-electron chi connectivity index (χ3n) is 4.93. The number of hydrogen-bond donors (Lipinski definition) is 0. The second-order valence-electron chi connectivity index (χ2n) is 6.98. The molecule has 0 saturated heterocycles. The Morgan fingerprint density at radius 1 is 1.21 bits per heavy atom. The highest BCUT2D eigenvalue weighted by molar-refractivity contribution is 6.34. The van der Waals surface area contributed by atoms with E-state index in [-0.39, 0.29) is 12.2 Å². The van der Waals surface area contributed by atoms with E-state index in [1.54, 1.807) is 43.7 Å². The Labute approximate surface area is 173 Å². The van der Waals surface area contributed by atoms with Crippen molar-refractivity contribution in [1.29, 1.82) is 0 Å². The number of carbonyl (C=O) groups is 1. The third-order valence-corrected chi connectivity index (χ3v) is 5.26. The van der Waals surface area contributed by atoms with Crippen LogP contribution in [0.1, 0.15) is 35.1 Å². The Balaban J connectivity index is 1.49. The summed E-state index contributed by atoms with van der Waals surface area (Å²) in [6.07, 6.45) is 4.43. The zero-order valence-electron chi connectivity index (χ0n) is 16.2. The quantitative estimate of drug-likeness (QED) is 0.598. The van der Waals surface area contributed by atoms with Gasteiger partial charge in [-0.05, 0) is 36.3 Å². The lowest BCUT2D eigenvalue weighted by molar-refractivity contribution is 0.0992. The lowest BCUT2D eigenvalue weighted by Crippen LogP contribution is -2.32. The molecule has 0 unspecified atom stereocenters. The number of nitrogens with zero attached hydrogens (tertiary/aromatic N) is 7. The summed E-state index contributed by atoms with van der Waals surface area (Å²) in [6, 6.07) is 7.02. The Hall–Kier alpha value is -3.13. The van der Waals surface area contributed by atoms with Crippen molar-refractivity contribution in [3.63, 3.8) is 0 Å². The summed E-state index contributed by atoms with van der Waals surface area (Å²) in [6.45, 7) is 3.58. The van der Waals surface area contributed by atoms with Crippen LogP contribution in [-0.4, -0.2) is 49.0 Å². The Morgan fingerprint density at radius 2 is 2.03 bits per heavy atom. The minimum Gasteiger partial charge on any atom is -0.333 e. The van der Waals surface area contributed by atoms with Crippen LogP contribution in [0.4, 0.5) is 5.95 Å². The molecule has 0 N–H and O–H groups in total. The number of aryl methyl sites for hydroxylation is 1. The molecular formula is C20H20ClN7O. The summed E-state index contributed by atoms with van der Waals surface area (Å²) in [5.41, 5.74) is 4.27. The number of anilines is 1. The molecule has 148 valence electrons. The van der Waals surface area contributed by atoms with E-state index < -0.39 is 0 Å². The van der Waals surface area contributed by atoms with Gasteiger partial charge in [0.15, 0.2) is 5.78 Å². The fourth-order valence-corrected chi connectivity index (χ4v) is 3.52. The van der Waals surface area contributed by atoms with Crippen molar-refractivity contribution in [2.24, 2.45) is 7.05 Å². The molecule has 8 nitrogen and oxygen atoms in total. The minimum absolute atomic E-state index is 0.0781. The lowest BCUT2D eigenvalue weighted by atomic mass is 9.99. The number of halogens is 1. The maximum absolute atomic E-state index is 12.5. The van der Waals surface area contributed by atoms with Gasteiger partial charge < -0.3 is 4.90 Å². The SMILES string of the molecule is CC1=C(c2cnc(CC(=O)c3ccccc3Cl)cn2)CN(c2nnn(C)n2)CC1. The molecule has 29 heavy (non-hydrogen) atoms. The number of hydrogen-bond acceptors (Lipinski definition) is 7. The molecule has 4 rings (SSSR count). The first kappa shape index (κ1) is 19.2. The zero-order chi connectivity index (χ0) is 20.4. The number of benzene rings is 1. The van der Waals surface area contributed by atoms with Crippen LogP contribution in [0.15, 0.2) is 42.2 Å². The van der Waals surface area contributed by atoms with E-state index in [0.29, 0.717) is 28.8 Å². The topological polar surface area (TPSA) is 89.7 Å². The smallest absolute Gasteiger partial charge is 0.266 e. The van der Waals surface area contributed by atoms with Crippen molar-refractivity contribution < 1.29 is 4.79 Å². The maximum atomic E-state index is 12.5. The van der Waals surface area contributed by atoms with E-state index in [9.17, 15) is 4.79 Å². The zero-order valence-corrected chi connectivity index (χ0v) is 17.0. The number of ketones is 1. The fourth-order valence-electron chi connectivity index (χ4n) is 3.28. The van der Waals surface area contributed by atoms with Gasteiger partial charge in [-0.2, -0.15) is 4.80 Å². The number of rotatable bonds is 5. The van der Waals surface area contributed by atoms with E-state index >= 15 is 0 Å². The standard InChI is InChI=1S/C20H20ClN7O/c1-13-7-8-28(20-24-26-27(2)25-20)12-16(13)18-11-22-14(10-23-18)9-19(29)15-5-3-4-6-17(15)21/h3-6,10-11H,7-9,12H2,1-2H3. The molecule has 1 aromatic carbocycles. The van der Waals surface area contributed by atoms with Gasteiger partial charge in [-0.15, -0.1) is 5.10 Å². The van der Waals surface area contributed by atoms with E-state index in [2.05, 4.69) is 37.2 Å². The van der Waals surface area contributed by atoms with Crippen molar-refractivity contribution >= 4 is 28.9 Å². The second-order valence-corrected chi connectivity index (χ2v) is 7.39. The highest BCUT2D eigenvalue weighted by atomic mass is 35.5. The summed E-state index contributed by atoms with van der Waals surface area (Å²) < 4.78 is 0. The van der Waals surface area contributed by atoms with Crippen LogP contribution in [0.25, 0.3) is 5.57 Å². The summed E-state index contributed by atoms with van der Waals surface area (Å²) in [5.74, 6) is 0.526. The third kappa shape index (κ3) is 4.17. The molecular weight excluding hydrogens is 390 g/mol. The summed E-state index contributed by atoms with van der Waals surface area (Å²) in [7, 11) is 1.75. The highest BCUT2D eigenvalue weighted by Gasteiger charge is 2.22. The number of Topliss-reactive ketones (excluding diaryl/α,β-unsaturated/α-hetero) is 1. The minimum atomic E-state index is -0.0781. The van der Waals surface area contributed by atoms with Crippen LogP contribution < -0.4 is 4.90 Å². The van der Waals surface area contributed by atoms with Crippen molar-refractivity contribution in [3.05, 3.63) is 64.2 Å². The largest absolute Gasteiger partial charge is 0.333 e. The van der Waals surface area contributed by atoms with Gasteiger partial charge in [0.2, 0.25) is 0 Å². The molecule has 2 aromatic heterocycles. The van der Waals surface area contributed by atoms with Gasteiger partial charge in [0.25, 0.3) is 5.95 Å². The number of carbonyl (C=O) groups excluding carboxylic acids is 1. The van der Waals surface area contributed by atoms with E-state index in [4.69, 9.17) is 11.6 Å². The van der Waals surface area contributed by atoms with Crippen LogP contribution in [0, 0.1) is 0 Å². The van der Waals surface area contributed by atoms with E-state index in [1.807, 2.05) is 0 Å². The first-order valence-corrected chi connectivity index (χ1v) is 9.65. The molecule has 0 radical (unpaired) electrons. The van der Waals surface area contributed by atoms with Gasteiger partial charge in [-0.1, -0.05) is 34.4 Å². The van der Waals surface area contributed by atoms with Crippen molar-refractivity contribution in [3.8, 4) is 0 Å². The highest BCUT2D eigenvalue weighted by Crippen LogP contribution is 2.26. The second kappa shape index (κ2) is 8.08.